The van der Waals surface area contributed by atoms with Crippen LogP contribution < -0.4 is 11.1 Å². The molecule has 1 atom stereocenters. The molecule has 1 rings (SSSR count). The van der Waals surface area contributed by atoms with Crippen LogP contribution >= 0.6 is 0 Å². The number of amides is 1. The maximum Gasteiger partial charge on any atom is 0.242 e. The summed E-state index contributed by atoms with van der Waals surface area (Å²) in [5.41, 5.74) is 5.14. The summed E-state index contributed by atoms with van der Waals surface area (Å²) < 4.78 is 5.16. The molecule has 5 heteroatoms. The number of hydrogen-bond acceptors (Lipinski definition) is 4. The normalized spacial score (nSPS) is 24.6. The molecule has 0 spiro atoms. The predicted octanol–water partition coefficient (Wildman–Crippen LogP) is -0.0493. The summed E-state index contributed by atoms with van der Waals surface area (Å²) in [7, 11) is 2.09. The molecule has 1 saturated heterocycles. The lowest BCUT2D eigenvalue weighted by atomic mass is 9.99. The summed E-state index contributed by atoms with van der Waals surface area (Å²) in [5.74, 6) is -0.0813. The van der Waals surface area contributed by atoms with Crippen LogP contribution in [0.4, 0.5) is 0 Å². The van der Waals surface area contributed by atoms with E-state index in [1.165, 1.54) is 0 Å². The van der Waals surface area contributed by atoms with E-state index < -0.39 is 5.54 Å². The van der Waals surface area contributed by atoms with E-state index in [-0.39, 0.29) is 5.91 Å². The maximum atomic E-state index is 11.8. The quantitative estimate of drug-likeness (QED) is 0.642. The summed E-state index contributed by atoms with van der Waals surface area (Å²) in [4.78, 5) is 14.1. The average Bonchev–Trinajstić information content (AvgIpc) is 2.72. The Morgan fingerprint density at radius 2 is 2.29 bits per heavy atom. The Bertz CT molecular complexity index is 250. The molecule has 0 saturated carbocycles. The minimum absolute atomic E-state index is 0.0813. The lowest BCUT2D eigenvalue weighted by Gasteiger charge is -2.23. The van der Waals surface area contributed by atoms with Gasteiger partial charge >= 0.3 is 0 Å². The van der Waals surface area contributed by atoms with Crippen molar-refractivity contribution in [3.05, 3.63) is 0 Å². The van der Waals surface area contributed by atoms with Crippen LogP contribution in [-0.4, -0.2) is 55.7 Å². The Hall–Kier alpha value is -0.650. The first-order valence-electron chi connectivity index (χ1n) is 6.31. The highest BCUT2D eigenvalue weighted by Crippen LogP contribution is 2.15. The van der Waals surface area contributed by atoms with Crippen molar-refractivity contribution in [1.29, 1.82) is 0 Å². The molecular formula is C12H25N3O2. The zero-order valence-electron chi connectivity index (χ0n) is 11.2. The minimum atomic E-state index is -0.802. The Balaban J connectivity index is 2.16. The number of carbonyl (C=O) groups is 1. The fraction of sp³-hybridized carbons (Fsp3) is 0.917. The molecule has 0 radical (unpaired) electrons. The van der Waals surface area contributed by atoms with Crippen LogP contribution in [0.1, 0.15) is 26.7 Å². The summed E-state index contributed by atoms with van der Waals surface area (Å²) in [6, 6.07) is 0.537. The van der Waals surface area contributed by atoms with Gasteiger partial charge in [-0.3, -0.25) is 4.79 Å². The molecule has 100 valence electrons. The zero-order valence-corrected chi connectivity index (χ0v) is 11.2. The number of nitrogens with one attached hydrogen (secondary N) is 1. The second-order valence-corrected chi connectivity index (χ2v) is 5.14. The highest BCUT2D eigenvalue weighted by atomic mass is 16.5. The minimum Gasteiger partial charge on any atom is -0.379 e. The molecule has 5 nitrogen and oxygen atoms in total. The molecule has 0 aliphatic carbocycles. The lowest BCUT2D eigenvalue weighted by Crippen LogP contribution is -2.54. The zero-order chi connectivity index (χ0) is 12.9. The van der Waals surface area contributed by atoms with Crippen molar-refractivity contribution in [3.8, 4) is 0 Å². The first-order chi connectivity index (χ1) is 7.96. The standard InChI is InChI=1S/C12H25N3O2/c1-10(2)15(3)7-4-6-14-11(16)12(13)5-8-17-9-12/h10H,4-9,13H2,1-3H3,(H,14,16). The molecule has 17 heavy (non-hydrogen) atoms. The Kier molecular flexibility index (Phi) is 5.36. The number of hydrogen-bond donors (Lipinski definition) is 2. The van der Waals surface area contributed by atoms with Crippen molar-refractivity contribution in [3.63, 3.8) is 0 Å². The molecule has 0 aromatic carbocycles. The van der Waals surface area contributed by atoms with E-state index in [2.05, 4.69) is 31.1 Å². The highest BCUT2D eigenvalue weighted by Gasteiger charge is 2.37. The van der Waals surface area contributed by atoms with Gasteiger partial charge in [-0.25, -0.2) is 0 Å². The molecule has 1 aliphatic rings. The van der Waals surface area contributed by atoms with Crippen molar-refractivity contribution >= 4 is 5.91 Å². The summed E-state index contributed by atoms with van der Waals surface area (Å²) in [6.45, 7) is 6.89. The third-order valence-corrected chi connectivity index (χ3v) is 3.36. The molecule has 1 unspecified atom stereocenters. The predicted molar refractivity (Wildman–Crippen MR) is 67.7 cm³/mol. The number of rotatable bonds is 6. The summed E-state index contributed by atoms with van der Waals surface area (Å²) >= 11 is 0. The lowest BCUT2D eigenvalue weighted by molar-refractivity contribution is -0.126. The fourth-order valence-corrected chi connectivity index (χ4v) is 1.72. The topological polar surface area (TPSA) is 67.6 Å². The van der Waals surface area contributed by atoms with E-state index >= 15 is 0 Å². The maximum absolute atomic E-state index is 11.8. The van der Waals surface area contributed by atoms with Gasteiger partial charge in [-0.2, -0.15) is 0 Å². The van der Waals surface area contributed by atoms with E-state index in [4.69, 9.17) is 10.5 Å². The van der Waals surface area contributed by atoms with Crippen LogP contribution in [0.5, 0.6) is 0 Å². The molecule has 1 fully saturated rings. The van der Waals surface area contributed by atoms with E-state index in [1.54, 1.807) is 0 Å². The number of carbonyl (C=O) groups excluding carboxylic acids is 1. The molecule has 0 bridgehead atoms. The van der Waals surface area contributed by atoms with Gasteiger partial charge in [0.25, 0.3) is 0 Å². The highest BCUT2D eigenvalue weighted by molar-refractivity contribution is 5.86. The van der Waals surface area contributed by atoms with Gasteiger partial charge in [0.15, 0.2) is 0 Å². The second-order valence-electron chi connectivity index (χ2n) is 5.14. The van der Waals surface area contributed by atoms with Crippen molar-refractivity contribution in [1.82, 2.24) is 10.2 Å². The van der Waals surface area contributed by atoms with Gasteiger partial charge in [0.2, 0.25) is 5.91 Å². The number of nitrogens with two attached hydrogens (primary N) is 1. The third-order valence-electron chi connectivity index (χ3n) is 3.36. The van der Waals surface area contributed by atoms with E-state index in [0.29, 0.717) is 32.2 Å². The second kappa shape index (κ2) is 6.33. The van der Waals surface area contributed by atoms with Crippen molar-refractivity contribution in [2.75, 3.05) is 33.4 Å². The third kappa shape index (κ3) is 4.26. The van der Waals surface area contributed by atoms with Gasteiger partial charge in [-0.05, 0) is 40.3 Å². The van der Waals surface area contributed by atoms with Crippen LogP contribution in [0.15, 0.2) is 0 Å². The molecule has 0 aromatic rings. The average molecular weight is 243 g/mol. The summed E-state index contributed by atoms with van der Waals surface area (Å²) in [6.07, 6.45) is 1.56. The first kappa shape index (κ1) is 14.4. The van der Waals surface area contributed by atoms with Gasteiger partial charge in [0.05, 0.1) is 6.61 Å². The fourth-order valence-electron chi connectivity index (χ4n) is 1.72. The van der Waals surface area contributed by atoms with Crippen LogP contribution in [-0.2, 0) is 9.53 Å². The van der Waals surface area contributed by atoms with Crippen LogP contribution in [0.25, 0.3) is 0 Å². The van der Waals surface area contributed by atoms with E-state index in [0.717, 1.165) is 13.0 Å². The molecule has 1 aliphatic heterocycles. The van der Waals surface area contributed by atoms with Crippen molar-refractivity contribution in [2.24, 2.45) is 5.73 Å². The van der Waals surface area contributed by atoms with Gasteiger partial charge in [-0.1, -0.05) is 0 Å². The van der Waals surface area contributed by atoms with Gasteiger partial charge < -0.3 is 20.7 Å². The van der Waals surface area contributed by atoms with E-state index in [1.807, 2.05) is 0 Å². The van der Waals surface area contributed by atoms with Crippen molar-refractivity contribution < 1.29 is 9.53 Å². The molecule has 1 heterocycles. The Morgan fingerprint density at radius 3 is 2.82 bits per heavy atom. The van der Waals surface area contributed by atoms with E-state index in [9.17, 15) is 4.79 Å². The van der Waals surface area contributed by atoms with Crippen LogP contribution in [0.2, 0.25) is 0 Å². The summed E-state index contributed by atoms with van der Waals surface area (Å²) in [5, 5.41) is 2.89. The van der Waals surface area contributed by atoms with Crippen LogP contribution in [0, 0.1) is 0 Å². The van der Waals surface area contributed by atoms with Crippen molar-refractivity contribution in [2.45, 2.75) is 38.3 Å². The first-order valence-corrected chi connectivity index (χ1v) is 6.31. The Morgan fingerprint density at radius 1 is 1.59 bits per heavy atom. The van der Waals surface area contributed by atoms with Gasteiger partial charge in [-0.15, -0.1) is 0 Å². The molecule has 1 amide bonds. The van der Waals surface area contributed by atoms with Gasteiger partial charge in [0.1, 0.15) is 5.54 Å². The van der Waals surface area contributed by atoms with Crippen LogP contribution in [0.3, 0.4) is 0 Å². The Labute approximate surface area is 104 Å². The monoisotopic (exact) mass is 243 g/mol. The molecule has 0 aromatic heterocycles. The van der Waals surface area contributed by atoms with Gasteiger partial charge in [0, 0.05) is 19.2 Å². The molecular weight excluding hydrogens is 218 g/mol. The SMILES string of the molecule is CC(C)N(C)CCCNC(=O)C1(N)CCOC1. The number of ether oxygens (including phenoxy) is 1. The number of nitrogens with zero attached hydrogens (tertiary/aromatic N) is 1. The largest absolute Gasteiger partial charge is 0.379 e. The smallest absolute Gasteiger partial charge is 0.242 e. The molecule has 3 N–H and O–H groups in total.